The summed E-state index contributed by atoms with van der Waals surface area (Å²) in [4.78, 5) is 48.3. The van der Waals surface area contributed by atoms with Gasteiger partial charge in [-0.15, -0.1) is 24.8 Å². The number of benzene rings is 2. The van der Waals surface area contributed by atoms with Gasteiger partial charge in [0.1, 0.15) is 18.6 Å². The van der Waals surface area contributed by atoms with Crippen LogP contribution in [0.3, 0.4) is 0 Å². The summed E-state index contributed by atoms with van der Waals surface area (Å²) in [6.07, 6.45) is 5.74. The molecule has 0 saturated carbocycles. The van der Waals surface area contributed by atoms with Crippen molar-refractivity contribution < 1.29 is 24.2 Å². The van der Waals surface area contributed by atoms with Crippen molar-refractivity contribution in [1.29, 1.82) is 5.26 Å². The van der Waals surface area contributed by atoms with Gasteiger partial charge in [0.2, 0.25) is 5.96 Å². The monoisotopic (exact) mass is 696 g/mol. The number of amides is 1. The van der Waals surface area contributed by atoms with Gasteiger partial charge in [-0.2, -0.15) is 19.9 Å². The molecule has 1 aliphatic carbocycles. The number of nitriles is 1. The van der Waals surface area contributed by atoms with E-state index in [9.17, 15) is 19.5 Å². The van der Waals surface area contributed by atoms with Crippen LogP contribution in [0, 0.1) is 18.4 Å². The summed E-state index contributed by atoms with van der Waals surface area (Å²) < 4.78 is 6.33. The lowest BCUT2D eigenvalue weighted by atomic mass is 9.98. The average Bonchev–Trinajstić information content (AvgIpc) is 3.70. The lowest BCUT2D eigenvalue weighted by molar-refractivity contribution is 0.0548. The second kappa shape index (κ2) is 18.0. The Labute approximate surface area is 287 Å². The number of hydrogen-bond donors (Lipinski definition) is 5. The molecule has 0 radical (unpaired) electrons. The standard InChI is InChI=1S/C21H19N5O5.C10H13N5.2ClH/c1-3-8-31-20(30)13-4-5-14-12(11(13)2)6-7-15(14)24-18(27)17-9-16(19(28)29)25-21-22-10-23-26(17)21;11-5-8-2-1-3-9(4-8)6-14-10(13)15-7-12;;/h3-5,9-10,15H,1,6-8H2,2H3,(H,24,27)(H,28,29);1-4H,5-6,11H2,(H3,13,14,15);2*1H/t15-;;;/m0.../s1. The molecule has 0 unspecified atom stereocenters. The maximum absolute atomic E-state index is 13.0. The fourth-order valence-electron chi connectivity index (χ4n) is 4.91. The van der Waals surface area contributed by atoms with Crippen LogP contribution in [0.2, 0.25) is 0 Å². The number of fused-ring (bicyclic) bond motifs is 2. The van der Waals surface area contributed by atoms with Crippen LogP contribution in [0.25, 0.3) is 5.78 Å². The number of nitrogens with two attached hydrogens (primary N) is 2. The largest absolute Gasteiger partial charge is 0.477 e. The van der Waals surface area contributed by atoms with E-state index in [2.05, 4.69) is 37.3 Å². The minimum atomic E-state index is -1.27. The first kappa shape index (κ1) is 38.6. The predicted molar refractivity (Wildman–Crippen MR) is 181 cm³/mol. The number of rotatable bonds is 9. The van der Waals surface area contributed by atoms with Crippen molar-refractivity contribution in [3.05, 3.63) is 106 Å². The van der Waals surface area contributed by atoms with Crippen molar-refractivity contribution in [3.8, 4) is 6.19 Å². The minimum absolute atomic E-state index is 0. The number of nitrogens with one attached hydrogen (secondary N) is 2. The van der Waals surface area contributed by atoms with Crippen LogP contribution in [-0.2, 0) is 24.2 Å². The Morgan fingerprint density at radius 3 is 2.67 bits per heavy atom. The number of aromatic carboxylic acids is 1. The third kappa shape index (κ3) is 9.26. The van der Waals surface area contributed by atoms with Crippen LogP contribution < -0.4 is 22.1 Å². The molecule has 2 aromatic heterocycles. The smallest absolute Gasteiger partial charge is 0.354 e. The van der Waals surface area contributed by atoms with Crippen LogP contribution in [0.5, 0.6) is 0 Å². The molecule has 15 nitrogen and oxygen atoms in total. The number of aliphatic imine (C=N–C) groups is 1. The molecule has 1 aliphatic rings. The number of carboxylic acids is 1. The summed E-state index contributed by atoms with van der Waals surface area (Å²) in [5.41, 5.74) is 15.9. The molecule has 4 aromatic rings. The van der Waals surface area contributed by atoms with Crippen molar-refractivity contribution in [2.24, 2.45) is 16.5 Å². The first-order valence-electron chi connectivity index (χ1n) is 14.0. The van der Waals surface area contributed by atoms with Gasteiger partial charge < -0.3 is 26.6 Å². The van der Waals surface area contributed by atoms with Gasteiger partial charge in [0, 0.05) is 12.6 Å². The number of aromatic nitrogens is 4. The molecule has 0 saturated heterocycles. The summed E-state index contributed by atoms with van der Waals surface area (Å²) in [6.45, 7) is 6.47. The Balaban J connectivity index is 0.000000401. The van der Waals surface area contributed by atoms with Gasteiger partial charge in [-0.05, 0) is 53.6 Å². The van der Waals surface area contributed by atoms with Gasteiger partial charge in [-0.3, -0.25) is 10.1 Å². The van der Waals surface area contributed by atoms with E-state index in [0.29, 0.717) is 31.5 Å². The van der Waals surface area contributed by atoms with Crippen LogP contribution in [0.4, 0.5) is 0 Å². The van der Waals surface area contributed by atoms with E-state index in [1.807, 2.05) is 37.3 Å². The number of halogens is 2. The molecule has 1 amide bonds. The van der Waals surface area contributed by atoms with Gasteiger partial charge in [0.25, 0.3) is 11.7 Å². The third-order valence-corrected chi connectivity index (χ3v) is 7.10. The third-order valence-electron chi connectivity index (χ3n) is 7.10. The Morgan fingerprint density at radius 2 is 1.98 bits per heavy atom. The first-order valence-corrected chi connectivity index (χ1v) is 14.0. The summed E-state index contributed by atoms with van der Waals surface area (Å²) in [5, 5.41) is 26.7. The van der Waals surface area contributed by atoms with Crippen molar-refractivity contribution >= 4 is 54.4 Å². The highest BCUT2D eigenvalue weighted by Crippen LogP contribution is 2.35. The molecule has 48 heavy (non-hydrogen) atoms. The number of guanidine groups is 1. The Bertz CT molecular complexity index is 1870. The second-order valence-corrected chi connectivity index (χ2v) is 10.0. The SMILES string of the molecule is C=CCOC(=O)c1ccc2c(c1C)CC[C@@H]2NC(=O)c1cc(C(=O)O)nc2ncnn12.Cl.Cl.N#CNC(N)=NCc1cccc(CN)c1. The van der Waals surface area contributed by atoms with Crippen molar-refractivity contribution in [2.75, 3.05) is 6.61 Å². The van der Waals surface area contributed by atoms with Gasteiger partial charge in [0.15, 0.2) is 11.9 Å². The fourth-order valence-corrected chi connectivity index (χ4v) is 4.91. The van der Waals surface area contributed by atoms with Crippen LogP contribution in [0.1, 0.15) is 71.6 Å². The molecule has 7 N–H and O–H groups in total. The number of ether oxygens (including phenoxy) is 1. The van der Waals surface area contributed by atoms with Gasteiger partial charge in [-0.25, -0.2) is 19.6 Å². The Hall–Kier alpha value is -5.56. The fraction of sp³-hybridized carbons (Fsp3) is 0.226. The maximum atomic E-state index is 13.0. The van der Waals surface area contributed by atoms with E-state index in [0.717, 1.165) is 27.8 Å². The topological polar surface area (TPSA) is 236 Å². The Morgan fingerprint density at radius 1 is 1.23 bits per heavy atom. The Kier molecular flexibility index (Phi) is 14.4. The normalized spacial score (nSPS) is 12.9. The summed E-state index contributed by atoms with van der Waals surface area (Å²) in [5.74, 6) is -2.03. The second-order valence-electron chi connectivity index (χ2n) is 10.0. The lowest BCUT2D eigenvalue weighted by Gasteiger charge is -2.16. The highest BCUT2D eigenvalue weighted by atomic mass is 35.5. The van der Waals surface area contributed by atoms with E-state index in [1.54, 1.807) is 12.3 Å². The number of carbonyl (C=O) groups excluding carboxylic acids is 2. The number of carbonyl (C=O) groups is 3. The zero-order valence-electron chi connectivity index (χ0n) is 25.8. The van der Waals surface area contributed by atoms with Crippen molar-refractivity contribution in [2.45, 2.75) is 38.9 Å². The average molecular weight is 698 g/mol. The first-order chi connectivity index (χ1) is 22.2. The molecular weight excluding hydrogens is 663 g/mol. The van der Waals surface area contributed by atoms with Crippen LogP contribution in [0.15, 0.2) is 66.4 Å². The van der Waals surface area contributed by atoms with E-state index < -0.39 is 17.8 Å². The predicted octanol–water partition coefficient (Wildman–Crippen LogP) is 2.77. The summed E-state index contributed by atoms with van der Waals surface area (Å²) in [7, 11) is 0. The van der Waals surface area contributed by atoms with Crippen molar-refractivity contribution in [3.63, 3.8) is 0 Å². The number of esters is 1. The van der Waals surface area contributed by atoms with Crippen LogP contribution >= 0.6 is 24.8 Å². The minimum Gasteiger partial charge on any atom is -0.477 e. The number of hydrogen-bond acceptors (Lipinski definition) is 10. The van der Waals surface area contributed by atoms with E-state index in [4.69, 9.17) is 21.5 Å². The highest BCUT2D eigenvalue weighted by molar-refractivity contribution is 5.96. The van der Waals surface area contributed by atoms with Crippen LogP contribution in [-0.4, -0.2) is 55.1 Å². The van der Waals surface area contributed by atoms with E-state index >= 15 is 0 Å². The van der Waals surface area contributed by atoms with Gasteiger partial charge >= 0.3 is 11.9 Å². The lowest BCUT2D eigenvalue weighted by Crippen LogP contribution is -2.29. The molecule has 2 heterocycles. The molecule has 252 valence electrons. The molecule has 17 heteroatoms. The molecule has 2 aromatic carbocycles. The maximum Gasteiger partial charge on any atom is 0.354 e. The van der Waals surface area contributed by atoms with Crippen molar-refractivity contribution in [1.82, 2.24) is 30.2 Å². The molecule has 1 atom stereocenters. The molecule has 0 spiro atoms. The zero-order chi connectivity index (χ0) is 33.2. The van der Waals surface area contributed by atoms with E-state index in [-0.39, 0.29) is 60.6 Å². The van der Waals surface area contributed by atoms with E-state index in [1.165, 1.54) is 23.0 Å². The number of nitrogens with zero attached hydrogens (tertiary/aromatic N) is 6. The zero-order valence-corrected chi connectivity index (χ0v) is 27.4. The molecular formula is C31H34Cl2N10O5. The molecule has 0 aliphatic heterocycles. The summed E-state index contributed by atoms with van der Waals surface area (Å²) in [6, 6.07) is 12.1. The summed E-state index contributed by atoms with van der Waals surface area (Å²) >= 11 is 0. The number of carboxylic acid groups (broad SMARTS) is 1. The molecule has 0 fully saturated rings. The van der Waals surface area contributed by atoms with Gasteiger partial charge in [0.05, 0.1) is 18.2 Å². The quantitative estimate of drug-likeness (QED) is 0.0424. The molecule has 0 bridgehead atoms. The highest BCUT2D eigenvalue weighted by Gasteiger charge is 2.29. The van der Waals surface area contributed by atoms with Gasteiger partial charge in [-0.1, -0.05) is 43.0 Å². The molecule has 5 rings (SSSR count).